The molecule has 2 aliphatic heterocycles. The predicted octanol–water partition coefficient (Wildman–Crippen LogP) is 5.85. The molecule has 48 heavy (non-hydrogen) atoms. The first-order chi connectivity index (χ1) is 22.9. The van der Waals surface area contributed by atoms with Gasteiger partial charge in [0, 0.05) is 28.6 Å². The van der Waals surface area contributed by atoms with Crippen LogP contribution >= 0.6 is 22.6 Å². The van der Waals surface area contributed by atoms with Crippen LogP contribution in [0.5, 0.6) is 0 Å². The van der Waals surface area contributed by atoms with Crippen molar-refractivity contribution < 1.29 is 28.5 Å². The van der Waals surface area contributed by atoms with Crippen molar-refractivity contribution in [2.45, 2.75) is 102 Å². The molecule has 11 nitrogen and oxygen atoms in total. The molecule has 2 aromatic heterocycles. The lowest BCUT2D eigenvalue weighted by atomic mass is 10.1. The Balaban J connectivity index is 1.26. The molecule has 3 aliphatic rings. The summed E-state index contributed by atoms with van der Waals surface area (Å²) in [5, 5.41) is 17.7. The number of nitrogens with zero attached hydrogens (tertiary/aromatic N) is 5. The summed E-state index contributed by atoms with van der Waals surface area (Å²) < 4.78 is 29.2. The Morgan fingerprint density at radius 2 is 1.62 bits per heavy atom. The van der Waals surface area contributed by atoms with Gasteiger partial charge in [-0.3, -0.25) is 4.90 Å². The number of ether oxygens (including phenoxy) is 3. The van der Waals surface area contributed by atoms with E-state index in [-0.39, 0.29) is 17.7 Å². The van der Waals surface area contributed by atoms with E-state index in [4.69, 9.17) is 28.7 Å². The van der Waals surface area contributed by atoms with Gasteiger partial charge in [-0.25, -0.2) is 19.4 Å². The molecule has 7 rings (SSSR count). The molecule has 4 aromatic rings. The van der Waals surface area contributed by atoms with Crippen molar-refractivity contribution >= 4 is 64.2 Å². The van der Waals surface area contributed by atoms with Crippen LogP contribution in [0.3, 0.4) is 0 Å². The van der Waals surface area contributed by atoms with E-state index in [0.717, 1.165) is 25.7 Å². The normalized spacial score (nSPS) is 24.3. The Morgan fingerprint density at radius 1 is 1.02 bits per heavy atom. The number of carbonyl (C=O) groups is 1. The Kier molecular flexibility index (Phi) is 8.90. The van der Waals surface area contributed by atoms with Gasteiger partial charge in [0.2, 0.25) is 0 Å². The zero-order valence-corrected chi connectivity index (χ0v) is 31.0. The van der Waals surface area contributed by atoms with E-state index in [1.807, 2.05) is 48.6 Å². The fourth-order valence-electron chi connectivity index (χ4n) is 7.80. The van der Waals surface area contributed by atoms with E-state index in [2.05, 4.69) is 74.3 Å². The number of anilines is 1. The van der Waals surface area contributed by atoms with Crippen LogP contribution in [0.15, 0.2) is 66.9 Å². The Bertz CT molecular complexity index is 1740. The van der Waals surface area contributed by atoms with Crippen molar-refractivity contribution in [3.05, 3.63) is 70.7 Å². The fraction of sp³-hybridized carbons (Fsp3) is 0.486. The van der Waals surface area contributed by atoms with Crippen LogP contribution in [0.25, 0.3) is 11.0 Å². The molecule has 1 aliphatic carbocycles. The number of fused-ring (bicyclic) bond motifs is 2. The van der Waals surface area contributed by atoms with Gasteiger partial charge in [-0.15, -0.1) is 0 Å². The number of carboxylic acid groups (broad SMARTS) is 1. The van der Waals surface area contributed by atoms with E-state index in [1.165, 1.54) is 15.3 Å². The van der Waals surface area contributed by atoms with Gasteiger partial charge < -0.3 is 23.7 Å². The average Bonchev–Trinajstić information content (AvgIpc) is 3.83. The number of benzene rings is 2. The Hall–Kier alpha value is -2.95. The molecule has 1 amide bonds. The van der Waals surface area contributed by atoms with Gasteiger partial charge in [0.05, 0.1) is 18.2 Å². The number of hydrogen-bond donors (Lipinski definition) is 1. The molecule has 3 fully saturated rings. The van der Waals surface area contributed by atoms with Crippen molar-refractivity contribution in [2.75, 3.05) is 11.5 Å². The monoisotopic (exact) mass is 783 g/mol. The lowest BCUT2D eigenvalue weighted by Gasteiger charge is -2.43. The minimum atomic E-state index is -2.86. The first-order valence-corrected chi connectivity index (χ1v) is 19.6. The molecule has 0 unspecified atom stereocenters. The molecule has 4 heterocycles. The fourth-order valence-corrected chi connectivity index (χ4v) is 12.8. The highest BCUT2D eigenvalue weighted by molar-refractivity contribution is 14.1. The second-order valence-corrected chi connectivity index (χ2v) is 19.6. The first kappa shape index (κ1) is 33.5. The largest absolute Gasteiger partial charge is 0.465 e. The smallest absolute Gasteiger partial charge is 0.413 e. The number of halogens is 1. The third kappa shape index (κ3) is 5.85. The lowest BCUT2D eigenvalue weighted by Crippen LogP contribution is -2.67. The van der Waals surface area contributed by atoms with Gasteiger partial charge in [-0.2, -0.15) is 5.10 Å². The van der Waals surface area contributed by atoms with Crippen molar-refractivity contribution in [2.24, 2.45) is 0 Å². The van der Waals surface area contributed by atoms with Crippen LogP contribution in [0, 0.1) is 3.83 Å². The molecule has 4 atom stereocenters. The molecule has 1 saturated carbocycles. The van der Waals surface area contributed by atoms with Crippen molar-refractivity contribution in [3.8, 4) is 0 Å². The number of hydrogen-bond acceptors (Lipinski definition) is 8. The molecule has 0 radical (unpaired) electrons. The SMILES string of the molecule is CC1(C)O[C@@H]2[C@H](O1)[C@@H](CO[Si](c1ccccc1)(c1ccccc1)C(C)(C)C)O[C@H]2n1ncc2c(N(C(=O)O)C3CCCC3)nc(I)nc21. The van der Waals surface area contributed by atoms with Crippen molar-refractivity contribution in [1.29, 1.82) is 0 Å². The molecule has 2 aromatic carbocycles. The second kappa shape index (κ2) is 12.7. The average molecular weight is 784 g/mol. The zero-order valence-electron chi connectivity index (χ0n) is 27.9. The van der Waals surface area contributed by atoms with Gasteiger partial charge in [0.15, 0.2) is 27.3 Å². The summed E-state index contributed by atoms with van der Waals surface area (Å²) in [6, 6.07) is 20.9. The van der Waals surface area contributed by atoms with E-state index in [1.54, 1.807) is 10.9 Å². The summed E-state index contributed by atoms with van der Waals surface area (Å²) in [4.78, 5) is 23.3. The van der Waals surface area contributed by atoms with Crippen LogP contribution < -0.4 is 15.3 Å². The quantitative estimate of drug-likeness (QED) is 0.133. The standard InChI is InChI=1S/C35H42IN5O6Si/c1-34(2,3)48(23-16-8-6-9-17-23,24-18-10-7-11-19-24)44-21-26-27-28(47-35(4,5)46-27)31(45-26)41-30-25(20-37-41)29(38-32(36)39-30)40(33(42)43)22-14-12-13-15-22/h6-11,16-20,22,26-28,31H,12-15,21H2,1-5H3,(H,42,43)/t26-,27-,28-,31-/m1/s1. The molecule has 254 valence electrons. The van der Waals surface area contributed by atoms with Crippen LogP contribution in [-0.4, -0.2) is 76.0 Å². The molecular weight excluding hydrogens is 741 g/mol. The summed E-state index contributed by atoms with van der Waals surface area (Å²) in [6.07, 6.45) is 2.08. The molecule has 1 N–H and O–H groups in total. The third-order valence-corrected chi connectivity index (χ3v) is 15.3. The van der Waals surface area contributed by atoms with Crippen LogP contribution in [-0.2, 0) is 18.6 Å². The lowest BCUT2D eigenvalue weighted by molar-refractivity contribution is -0.200. The summed E-state index contributed by atoms with van der Waals surface area (Å²) in [5.74, 6) is -0.507. The maximum atomic E-state index is 12.6. The highest BCUT2D eigenvalue weighted by atomic mass is 127. The van der Waals surface area contributed by atoms with Crippen LogP contribution in [0.1, 0.15) is 66.5 Å². The van der Waals surface area contributed by atoms with Gasteiger partial charge >= 0.3 is 6.09 Å². The zero-order chi connectivity index (χ0) is 33.8. The molecule has 2 saturated heterocycles. The van der Waals surface area contributed by atoms with Crippen molar-refractivity contribution in [1.82, 2.24) is 19.7 Å². The van der Waals surface area contributed by atoms with E-state index in [0.29, 0.717) is 20.7 Å². The maximum absolute atomic E-state index is 12.6. The highest BCUT2D eigenvalue weighted by Gasteiger charge is 2.58. The maximum Gasteiger partial charge on any atom is 0.413 e. The minimum Gasteiger partial charge on any atom is -0.465 e. The van der Waals surface area contributed by atoms with Crippen LogP contribution in [0.2, 0.25) is 5.04 Å². The Morgan fingerprint density at radius 3 is 2.21 bits per heavy atom. The van der Waals surface area contributed by atoms with Gasteiger partial charge in [-0.1, -0.05) is 94.3 Å². The van der Waals surface area contributed by atoms with Gasteiger partial charge in [-0.05, 0) is 42.1 Å². The van der Waals surface area contributed by atoms with Crippen LogP contribution in [0.4, 0.5) is 10.6 Å². The van der Waals surface area contributed by atoms with E-state index in [9.17, 15) is 9.90 Å². The number of amides is 1. The highest BCUT2D eigenvalue weighted by Crippen LogP contribution is 2.45. The molecular formula is C35H42IN5O6Si. The molecule has 0 spiro atoms. The van der Waals surface area contributed by atoms with E-state index < -0.39 is 44.7 Å². The predicted molar refractivity (Wildman–Crippen MR) is 192 cm³/mol. The summed E-state index contributed by atoms with van der Waals surface area (Å²) in [6.45, 7) is 10.8. The molecule has 0 bridgehead atoms. The Labute approximate surface area is 295 Å². The summed E-state index contributed by atoms with van der Waals surface area (Å²) in [5.41, 5.74) is 0.485. The third-order valence-electron chi connectivity index (χ3n) is 9.78. The second-order valence-electron chi connectivity index (χ2n) is 14.3. The number of rotatable bonds is 8. The van der Waals surface area contributed by atoms with E-state index >= 15 is 0 Å². The summed E-state index contributed by atoms with van der Waals surface area (Å²) >= 11 is 2.04. The van der Waals surface area contributed by atoms with Gasteiger partial charge in [0.25, 0.3) is 8.32 Å². The minimum absolute atomic E-state index is 0.137. The van der Waals surface area contributed by atoms with Gasteiger partial charge in [0.1, 0.15) is 18.3 Å². The van der Waals surface area contributed by atoms with Crippen molar-refractivity contribution in [3.63, 3.8) is 0 Å². The molecule has 13 heteroatoms. The topological polar surface area (TPSA) is 121 Å². The summed E-state index contributed by atoms with van der Waals surface area (Å²) in [7, 11) is -2.86. The number of aromatic nitrogens is 4. The first-order valence-electron chi connectivity index (χ1n) is 16.6.